The zero-order valence-electron chi connectivity index (χ0n) is 9.74. The Hall–Kier alpha value is -1.35. The van der Waals surface area contributed by atoms with Crippen LogP contribution in [0, 0.1) is 13.8 Å². The Kier molecular flexibility index (Phi) is 3.48. The molecule has 0 fully saturated rings. The maximum Gasteiger partial charge on any atom is 0.243 e. The van der Waals surface area contributed by atoms with Crippen LogP contribution in [0.5, 0.6) is 0 Å². The van der Waals surface area contributed by atoms with Crippen LogP contribution in [0.4, 0.5) is 5.69 Å². The Bertz CT molecular complexity index is 372. The normalized spacial score (nSPS) is 12.3. The van der Waals surface area contributed by atoms with Gasteiger partial charge in [0.15, 0.2) is 0 Å². The first-order chi connectivity index (χ1) is 6.93. The van der Waals surface area contributed by atoms with Crippen LogP contribution in [0.1, 0.15) is 18.1 Å². The summed E-state index contributed by atoms with van der Waals surface area (Å²) < 4.78 is 0. The summed E-state index contributed by atoms with van der Waals surface area (Å²) in [7, 11) is 1.75. The molecule has 3 heteroatoms. The van der Waals surface area contributed by atoms with Gasteiger partial charge in [0, 0.05) is 12.7 Å². The quantitative estimate of drug-likeness (QED) is 0.799. The molecule has 0 spiro atoms. The third-order valence-electron chi connectivity index (χ3n) is 2.60. The van der Waals surface area contributed by atoms with Crippen LogP contribution < -0.4 is 10.6 Å². The van der Waals surface area contributed by atoms with Crippen LogP contribution in [-0.2, 0) is 4.79 Å². The van der Waals surface area contributed by atoms with E-state index in [0.29, 0.717) is 0 Å². The van der Waals surface area contributed by atoms with Gasteiger partial charge in [0.2, 0.25) is 5.91 Å². The molecule has 82 valence electrons. The topological polar surface area (TPSA) is 46.3 Å². The van der Waals surface area contributed by atoms with Crippen molar-refractivity contribution in [1.29, 1.82) is 0 Å². The van der Waals surface area contributed by atoms with Crippen molar-refractivity contribution >= 4 is 11.6 Å². The lowest BCUT2D eigenvalue weighted by Crippen LogP contribution is -2.39. The highest BCUT2D eigenvalue weighted by molar-refractivity contribution is 5.96. The average molecular weight is 206 g/mol. The lowest BCUT2D eigenvalue weighted by molar-refractivity contribution is -0.119. The third kappa shape index (κ3) is 2.57. The number of aryl methyl sites for hydroxylation is 2. The smallest absolute Gasteiger partial charge is 0.243 e. The van der Waals surface area contributed by atoms with Crippen LogP contribution in [0.3, 0.4) is 0 Å². The van der Waals surface area contributed by atoms with Crippen molar-refractivity contribution in [2.45, 2.75) is 26.8 Å². The number of amides is 1. The van der Waals surface area contributed by atoms with E-state index in [9.17, 15) is 4.79 Å². The van der Waals surface area contributed by atoms with E-state index in [2.05, 4.69) is 0 Å². The molecular weight excluding hydrogens is 188 g/mol. The predicted molar refractivity (Wildman–Crippen MR) is 63.0 cm³/mol. The number of benzene rings is 1. The van der Waals surface area contributed by atoms with Gasteiger partial charge in [-0.3, -0.25) is 4.79 Å². The van der Waals surface area contributed by atoms with E-state index in [1.165, 1.54) is 11.1 Å². The highest BCUT2D eigenvalue weighted by Gasteiger charge is 2.14. The second-order valence-corrected chi connectivity index (χ2v) is 3.95. The second kappa shape index (κ2) is 4.45. The summed E-state index contributed by atoms with van der Waals surface area (Å²) in [6.45, 7) is 5.77. The number of rotatable bonds is 2. The van der Waals surface area contributed by atoms with Crippen LogP contribution in [0.2, 0.25) is 0 Å². The first-order valence-corrected chi connectivity index (χ1v) is 5.04. The lowest BCUT2D eigenvalue weighted by atomic mass is 10.1. The minimum absolute atomic E-state index is 0.0711. The molecule has 0 aromatic heterocycles. The highest BCUT2D eigenvalue weighted by atomic mass is 16.2. The third-order valence-corrected chi connectivity index (χ3v) is 2.60. The van der Waals surface area contributed by atoms with E-state index < -0.39 is 6.04 Å². The summed E-state index contributed by atoms with van der Waals surface area (Å²) in [6.07, 6.45) is 0. The largest absolute Gasteiger partial charge is 0.320 e. The summed E-state index contributed by atoms with van der Waals surface area (Å²) in [6, 6.07) is 5.48. The van der Waals surface area contributed by atoms with Crippen molar-refractivity contribution in [3.05, 3.63) is 29.3 Å². The molecule has 0 aliphatic rings. The molecule has 0 heterocycles. The van der Waals surface area contributed by atoms with Crippen molar-refractivity contribution in [2.75, 3.05) is 11.9 Å². The Labute approximate surface area is 90.9 Å². The monoisotopic (exact) mass is 206 g/mol. The van der Waals surface area contributed by atoms with Gasteiger partial charge in [0.1, 0.15) is 0 Å². The lowest BCUT2D eigenvalue weighted by Gasteiger charge is -2.20. The molecule has 0 saturated heterocycles. The number of anilines is 1. The molecule has 0 radical (unpaired) electrons. The maximum absolute atomic E-state index is 11.6. The molecule has 3 nitrogen and oxygen atoms in total. The van der Waals surface area contributed by atoms with Crippen molar-refractivity contribution in [3.8, 4) is 0 Å². The molecule has 2 N–H and O–H groups in total. The van der Waals surface area contributed by atoms with Gasteiger partial charge in [-0.1, -0.05) is 6.07 Å². The second-order valence-electron chi connectivity index (χ2n) is 3.95. The van der Waals surface area contributed by atoms with Crippen molar-refractivity contribution < 1.29 is 4.79 Å². The minimum Gasteiger partial charge on any atom is -0.320 e. The van der Waals surface area contributed by atoms with Gasteiger partial charge in [-0.05, 0) is 44.0 Å². The minimum atomic E-state index is -0.461. The number of nitrogens with two attached hydrogens (primary N) is 1. The van der Waals surface area contributed by atoms with Gasteiger partial charge in [-0.15, -0.1) is 0 Å². The van der Waals surface area contributed by atoms with Gasteiger partial charge in [0.05, 0.1) is 6.04 Å². The van der Waals surface area contributed by atoms with E-state index in [4.69, 9.17) is 5.73 Å². The molecule has 1 amide bonds. The van der Waals surface area contributed by atoms with E-state index in [-0.39, 0.29) is 5.91 Å². The molecule has 1 aromatic carbocycles. The summed E-state index contributed by atoms with van der Waals surface area (Å²) in [5.74, 6) is -0.0711. The van der Waals surface area contributed by atoms with E-state index in [1.54, 1.807) is 18.9 Å². The number of carbonyl (C=O) groups excluding carboxylic acids is 1. The molecule has 0 bridgehead atoms. The van der Waals surface area contributed by atoms with Gasteiger partial charge in [-0.25, -0.2) is 0 Å². The first kappa shape index (κ1) is 11.7. The van der Waals surface area contributed by atoms with Crippen molar-refractivity contribution in [2.24, 2.45) is 5.73 Å². The summed E-state index contributed by atoms with van der Waals surface area (Å²) in [4.78, 5) is 13.2. The number of hydrogen-bond donors (Lipinski definition) is 1. The number of hydrogen-bond acceptors (Lipinski definition) is 2. The zero-order valence-corrected chi connectivity index (χ0v) is 9.74. The molecule has 0 aliphatic heterocycles. The molecule has 1 rings (SSSR count). The van der Waals surface area contributed by atoms with Crippen LogP contribution in [-0.4, -0.2) is 19.0 Å². The van der Waals surface area contributed by atoms with E-state index >= 15 is 0 Å². The molecule has 0 saturated carbocycles. The maximum atomic E-state index is 11.6. The molecule has 15 heavy (non-hydrogen) atoms. The van der Waals surface area contributed by atoms with Crippen molar-refractivity contribution in [1.82, 2.24) is 0 Å². The summed E-state index contributed by atoms with van der Waals surface area (Å²) >= 11 is 0. The van der Waals surface area contributed by atoms with Gasteiger partial charge in [-0.2, -0.15) is 0 Å². The van der Waals surface area contributed by atoms with Gasteiger partial charge < -0.3 is 10.6 Å². The fourth-order valence-electron chi connectivity index (χ4n) is 1.37. The van der Waals surface area contributed by atoms with E-state index in [0.717, 1.165) is 5.69 Å². The molecule has 1 aromatic rings. The zero-order chi connectivity index (χ0) is 11.6. The molecule has 1 atom stereocenters. The standard InChI is InChI=1S/C12H18N2O/c1-8-5-6-11(7-9(8)2)14(4)12(15)10(3)13/h5-7,10H,13H2,1-4H3. The molecular formula is C12H18N2O. The first-order valence-electron chi connectivity index (χ1n) is 5.04. The number of carbonyl (C=O) groups is 1. The average Bonchev–Trinajstić information content (AvgIpc) is 2.19. The fourth-order valence-corrected chi connectivity index (χ4v) is 1.37. The Morgan fingerprint density at radius 1 is 1.33 bits per heavy atom. The summed E-state index contributed by atoms with van der Waals surface area (Å²) in [5, 5.41) is 0. The number of nitrogens with zero attached hydrogens (tertiary/aromatic N) is 1. The predicted octanol–water partition coefficient (Wildman–Crippen LogP) is 1.61. The van der Waals surface area contributed by atoms with Crippen molar-refractivity contribution in [3.63, 3.8) is 0 Å². The van der Waals surface area contributed by atoms with Gasteiger partial charge >= 0.3 is 0 Å². The van der Waals surface area contributed by atoms with Gasteiger partial charge in [0.25, 0.3) is 0 Å². The van der Waals surface area contributed by atoms with Crippen LogP contribution in [0.25, 0.3) is 0 Å². The summed E-state index contributed by atoms with van der Waals surface area (Å²) in [5.41, 5.74) is 8.84. The Morgan fingerprint density at radius 2 is 1.93 bits per heavy atom. The molecule has 0 aliphatic carbocycles. The van der Waals surface area contributed by atoms with Crippen LogP contribution in [0.15, 0.2) is 18.2 Å². The Balaban J connectivity index is 2.97. The molecule has 1 unspecified atom stereocenters. The van der Waals surface area contributed by atoms with Crippen LogP contribution >= 0.6 is 0 Å². The van der Waals surface area contributed by atoms with E-state index in [1.807, 2.05) is 32.0 Å². The number of likely N-dealkylation sites (N-methyl/N-ethyl adjacent to an activating group) is 1. The SMILES string of the molecule is Cc1ccc(N(C)C(=O)C(C)N)cc1C. The Morgan fingerprint density at radius 3 is 2.40 bits per heavy atom. The highest BCUT2D eigenvalue weighted by Crippen LogP contribution is 2.17. The fraction of sp³-hybridized carbons (Fsp3) is 0.417.